The predicted molar refractivity (Wildman–Crippen MR) is 101 cm³/mol. The molecule has 5 nitrogen and oxygen atoms in total. The third kappa shape index (κ3) is 4.16. The van der Waals surface area contributed by atoms with E-state index in [1.807, 2.05) is 13.0 Å². The van der Waals surface area contributed by atoms with Crippen LogP contribution >= 0.6 is 0 Å². The predicted octanol–water partition coefficient (Wildman–Crippen LogP) is 4.34. The standard InChI is InChI=1S/C19H27N5/c1-4-14(2)20-19-21-15(3)13-18(23-19)22-16-7-9-17(10-8-16)24-11-5-6-12-24/h7-10,13-14H,4-6,11-12H2,1-3H3,(H2,20,21,22,23). The van der Waals surface area contributed by atoms with Crippen molar-refractivity contribution in [1.82, 2.24) is 9.97 Å². The molecular weight excluding hydrogens is 298 g/mol. The normalized spacial score (nSPS) is 15.4. The lowest BCUT2D eigenvalue weighted by Gasteiger charge is -2.18. The molecule has 1 aromatic heterocycles. The molecule has 2 heterocycles. The van der Waals surface area contributed by atoms with Crippen molar-refractivity contribution in [3.05, 3.63) is 36.0 Å². The number of hydrogen-bond acceptors (Lipinski definition) is 5. The zero-order valence-corrected chi connectivity index (χ0v) is 14.8. The minimum Gasteiger partial charge on any atom is -0.372 e. The largest absolute Gasteiger partial charge is 0.372 e. The van der Waals surface area contributed by atoms with Crippen molar-refractivity contribution in [2.75, 3.05) is 28.6 Å². The molecule has 0 saturated carbocycles. The molecule has 0 amide bonds. The highest BCUT2D eigenvalue weighted by molar-refractivity contribution is 5.61. The van der Waals surface area contributed by atoms with E-state index < -0.39 is 0 Å². The second-order valence-corrected chi connectivity index (χ2v) is 6.54. The molecule has 0 radical (unpaired) electrons. The van der Waals surface area contributed by atoms with Crippen LogP contribution < -0.4 is 15.5 Å². The summed E-state index contributed by atoms with van der Waals surface area (Å²) in [4.78, 5) is 11.5. The Morgan fingerprint density at radius 3 is 2.50 bits per heavy atom. The van der Waals surface area contributed by atoms with Gasteiger partial charge in [0.05, 0.1) is 0 Å². The third-order valence-electron chi connectivity index (χ3n) is 4.45. The van der Waals surface area contributed by atoms with Gasteiger partial charge in [0.2, 0.25) is 5.95 Å². The number of aromatic nitrogens is 2. The Labute approximate surface area is 144 Å². The molecule has 1 unspecified atom stereocenters. The van der Waals surface area contributed by atoms with Gasteiger partial charge in [-0.3, -0.25) is 0 Å². The molecule has 2 N–H and O–H groups in total. The summed E-state index contributed by atoms with van der Waals surface area (Å²) >= 11 is 0. The molecule has 0 spiro atoms. The molecule has 1 fully saturated rings. The van der Waals surface area contributed by atoms with E-state index in [1.54, 1.807) is 0 Å². The molecule has 2 aromatic rings. The third-order valence-corrected chi connectivity index (χ3v) is 4.45. The van der Waals surface area contributed by atoms with Gasteiger partial charge in [-0.05, 0) is 57.4 Å². The van der Waals surface area contributed by atoms with Gasteiger partial charge in [-0.1, -0.05) is 6.92 Å². The highest BCUT2D eigenvalue weighted by Gasteiger charge is 2.12. The van der Waals surface area contributed by atoms with Gasteiger partial charge >= 0.3 is 0 Å². The van der Waals surface area contributed by atoms with Crippen molar-refractivity contribution in [2.45, 2.75) is 46.1 Å². The van der Waals surface area contributed by atoms with E-state index >= 15 is 0 Å². The highest BCUT2D eigenvalue weighted by Crippen LogP contribution is 2.24. The Hall–Kier alpha value is -2.30. The molecule has 1 aliphatic rings. The van der Waals surface area contributed by atoms with Gasteiger partial charge in [0, 0.05) is 42.3 Å². The summed E-state index contributed by atoms with van der Waals surface area (Å²) in [5, 5.41) is 6.72. The van der Waals surface area contributed by atoms with E-state index in [4.69, 9.17) is 0 Å². The van der Waals surface area contributed by atoms with Crippen molar-refractivity contribution >= 4 is 23.1 Å². The number of nitrogens with zero attached hydrogens (tertiary/aromatic N) is 3. The summed E-state index contributed by atoms with van der Waals surface area (Å²) in [6.07, 6.45) is 3.64. The fourth-order valence-electron chi connectivity index (χ4n) is 2.90. The maximum absolute atomic E-state index is 4.57. The molecule has 1 aromatic carbocycles. The van der Waals surface area contributed by atoms with Crippen LogP contribution in [0.4, 0.5) is 23.1 Å². The minimum absolute atomic E-state index is 0.361. The Balaban J connectivity index is 1.70. The Kier molecular flexibility index (Phi) is 5.18. The zero-order chi connectivity index (χ0) is 16.9. The van der Waals surface area contributed by atoms with Crippen LogP contribution in [-0.2, 0) is 0 Å². The van der Waals surface area contributed by atoms with E-state index in [9.17, 15) is 0 Å². The first-order chi connectivity index (χ1) is 11.6. The maximum atomic E-state index is 4.57. The summed E-state index contributed by atoms with van der Waals surface area (Å²) in [5.74, 6) is 1.50. The average molecular weight is 325 g/mol. The molecular formula is C19H27N5. The van der Waals surface area contributed by atoms with Crippen LogP contribution in [0.25, 0.3) is 0 Å². The Morgan fingerprint density at radius 2 is 1.83 bits per heavy atom. The number of nitrogens with one attached hydrogen (secondary N) is 2. The van der Waals surface area contributed by atoms with E-state index in [2.05, 4.69) is 63.6 Å². The second kappa shape index (κ2) is 7.51. The molecule has 128 valence electrons. The smallest absolute Gasteiger partial charge is 0.225 e. The van der Waals surface area contributed by atoms with Crippen LogP contribution in [0.3, 0.4) is 0 Å². The van der Waals surface area contributed by atoms with Gasteiger partial charge in [0.25, 0.3) is 0 Å². The number of rotatable bonds is 6. The molecule has 1 atom stereocenters. The number of hydrogen-bond donors (Lipinski definition) is 2. The van der Waals surface area contributed by atoms with E-state index in [-0.39, 0.29) is 0 Å². The minimum atomic E-state index is 0.361. The van der Waals surface area contributed by atoms with Crippen molar-refractivity contribution in [2.24, 2.45) is 0 Å². The van der Waals surface area contributed by atoms with Gasteiger partial charge in [-0.25, -0.2) is 4.98 Å². The van der Waals surface area contributed by atoms with Gasteiger partial charge in [0.15, 0.2) is 0 Å². The van der Waals surface area contributed by atoms with Crippen molar-refractivity contribution in [3.63, 3.8) is 0 Å². The van der Waals surface area contributed by atoms with Crippen molar-refractivity contribution in [1.29, 1.82) is 0 Å². The summed E-state index contributed by atoms with van der Waals surface area (Å²) in [6, 6.07) is 10.9. The lowest BCUT2D eigenvalue weighted by atomic mass is 10.2. The van der Waals surface area contributed by atoms with Gasteiger partial charge in [-0.2, -0.15) is 4.98 Å². The van der Waals surface area contributed by atoms with Crippen LogP contribution in [0.15, 0.2) is 30.3 Å². The second-order valence-electron chi connectivity index (χ2n) is 6.54. The lowest BCUT2D eigenvalue weighted by Crippen LogP contribution is -2.17. The first-order valence-corrected chi connectivity index (χ1v) is 8.88. The number of anilines is 4. The summed E-state index contributed by atoms with van der Waals surface area (Å²) in [7, 11) is 0. The molecule has 5 heteroatoms. The first kappa shape index (κ1) is 16.6. The fraction of sp³-hybridized carbons (Fsp3) is 0.474. The quantitative estimate of drug-likeness (QED) is 0.827. The molecule has 1 aliphatic heterocycles. The lowest BCUT2D eigenvalue weighted by molar-refractivity contribution is 0.752. The maximum Gasteiger partial charge on any atom is 0.225 e. The molecule has 3 rings (SSSR count). The van der Waals surface area contributed by atoms with E-state index in [0.717, 1.165) is 23.6 Å². The average Bonchev–Trinajstić information content (AvgIpc) is 3.09. The van der Waals surface area contributed by atoms with Crippen LogP contribution in [0, 0.1) is 6.92 Å². The summed E-state index contributed by atoms with van der Waals surface area (Å²) < 4.78 is 0. The molecule has 0 bridgehead atoms. The van der Waals surface area contributed by atoms with E-state index in [0.29, 0.717) is 12.0 Å². The van der Waals surface area contributed by atoms with Crippen LogP contribution in [0.1, 0.15) is 38.8 Å². The van der Waals surface area contributed by atoms with E-state index in [1.165, 1.54) is 31.6 Å². The molecule has 1 saturated heterocycles. The Morgan fingerprint density at radius 1 is 1.12 bits per heavy atom. The monoisotopic (exact) mass is 325 g/mol. The summed E-state index contributed by atoms with van der Waals surface area (Å²) in [6.45, 7) is 8.61. The van der Waals surface area contributed by atoms with Crippen LogP contribution in [-0.4, -0.2) is 29.1 Å². The fourth-order valence-corrected chi connectivity index (χ4v) is 2.90. The SMILES string of the molecule is CCC(C)Nc1nc(C)cc(Nc2ccc(N3CCCC3)cc2)n1. The van der Waals surface area contributed by atoms with Crippen LogP contribution in [0.2, 0.25) is 0 Å². The molecule has 24 heavy (non-hydrogen) atoms. The zero-order valence-electron chi connectivity index (χ0n) is 14.8. The number of benzene rings is 1. The van der Waals surface area contributed by atoms with Gasteiger partial charge < -0.3 is 15.5 Å². The van der Waals surface area contributed by atoms with Crippen molar-refractivity contribution < 1.29 is 0 Å². The van der Waals surface area contributed by atoms with Crippen molar-refractivity contribution in [3.8, 4) is 0 Å². The number of aryl methyl sites for hydroxylation is 1. The molecule has 0 aliphatic carbocycles. The highest BCUT2D eigenvalue weighted by atomic mass is 15.2. The topological polar surface area (TPSA) is 53.1 Å². The van der Waals surface area contributed by atoms with Crippen LogP contribution in [0.5, 0.6) is 0 Å². The summed E-state index contributed by atoms with van der Waals surface area (Å²) in [5.41, 5.74) is 3.30. The van der Waals surface area contributed by atoms with Gasteiger partial charge in [0.1, 0.15) is 5.82 Å². The Bertz CT molecular complexity index is 662. The van der Waals surface area contributed by atoms with Gasteiger partial charge in [-0.15, -0.1) is 0 Å². The first-order valence-electron chi connectivity index (χ1n) is 8.88.